The molecule has 0 spiro atoms. The van der Waals surface area contributed by atoms with Gasteiger partial charge in [0.05, 0.1) is 18.6 Å². The topological polar surface area (TPSA) is 154 Å². The van der Waals surface area contributed by atoms with Crippen LogP contribution in [-0.2, 0) is 19.2 Å². The third-order valence-corrected chi connectivity index (χ3v) is 6.62. The summed E-state index contributed by atoms with van der Waals surface area (Å²) in [7, 11) is 0. The van der Waals surface area contributed by atoms with Gasteiger partial charge in [0, 0.05) is 12.5 Å². The van der Waals surface area contributed by atoms with Gasteiger partial charge in [0.2, 0.25) is 11.8 Å². The Morgan fingerprint density at radius 1 is 0.923 bits per heavy atom. The van der Waals surface area contributed by atoms with E-state index in [1.54, 1.807) is 30.3 Å². The summed E-state index contributed by atoms with van der Waals surface area (Å²) in [4.78, 5) is 49.9. The van der Waals surface area contributed by atoms with E-state index in [0.29, 0.717) is 24.6 Å². The van der Waals surface area contributed by atoms with Gasteiger partial charge in [-0.25, -0.2) is 0 Å². The number of rotatable bonds is 18. The molecular weight excluding hydrogens is 502 g/mol. The van der Waals surface area contributed by atoms with Gasteiger partial charge in [-0.2, -0.15) is 0 Å². The van der Waals surface area contributed by atoms with Crippen molar-refractivity contribution < 1.29 is 34.1 Å². The van der Waals surface area contributed by atoms with Crippen LogP contribution in [0.3, 0.4) is 0 Å². The van der Waals surface area contributed by atoms with Gasteiger partial charge in [-0.15, -0.1) is 0 Å². The second kappa shape index (κ2) is 17.4. The van der Waals surface area contributed by atoms with Crippen molar-refractivity contribution in [3.63, 3.8) is 0 Å². The van der Waals surface area contributed by atoms with Crippen LogP contribution in [-0.4, -0.2) is 65.2 Å². The van der Waals surface area contributed by atoms with Crippen molar-refractivity contribution in [2.45, 2.75) is 85.4 Å². The summed E-state index contributed by atoms with van der Waals surface area (Å²) in [5.41, 5.74) is 0. The minimum Gasteiger partial charge on any atom is -0.484 e. The molecule has 1 rings (SSSR count). The van der Waals surface area contributed by atoms with Gasteiger partial charge in [0.15, 0.2) is 6.61 Å². The maximum Gasteiger partial charge on any atom is 0.305 e. The van der Waals surface area contributed by atoms with Crippen LogP contribution in [0, 0.1) is 23.7 Å². The highest BCUT2D eigenvalue weighted by atomic mass is 16.5. The number of ether oxygens (including phenoxy) is 1. The standard InChI is InChI=1S/C29H47N3O7/c1-7-20(6)16-30-28(37)22(19(4)5)14-25(33)23(13-18(2)3)32-29(38)24(15-27(35)36)31-26(34)17-39-21-11-9-8-10-12-21/h8-12,18-20,22-25,33H,7,13-17H2,1-6H3,(H,30,37)(H,31,34)(H,32,38)(H,35,36)/t20-,22+,23+,24-,25?/m1/s1. The number of aliphatic hydroxyl groups excluding tert-OH is 1. The van der Waals surface area contributed by atoms with Crippen molar-refractivity contribution in [3.8, 4) is 5.75 Å². The third kappa shape index (κ3) is 13.5. The van der Waals surface area contributed by atoms with Gasteiger partial charge in [-0.1, -0.05) is 66.2 Å². The van der Waals surface area contributed by atoms with Crippen molar-refractivity contribution in [3.05, 3.63) is 30.3 Å². The van der Waals surface area contributed by atoms with Crippen LogP contribution in [0.25, 0.3) is 0 Å². The van der Waals surface area contributed by atoms with E-state index in [-0.39, 0.29) is 24.2 Å². The molecular formula is C29H47N3O7. The molecule has 0 saturated heterocycles. The SMILES string of the molecule is CC[C@@H](C)CNC(=O)[C@@H](CC(O)[C@H](CC(C)C)NC(=O)[C@@H](CC(=O)O)NC(=O)COc1ccccc1)C(C)C. The van der Waals surface area contributed by atoms with E-state index < -0.39 is 54.9 Å². The minimum absolute atomic E-state index is 0.0457. The highest BCUT2D eigenvalue weighted by molar-refractivity contribution is 5.91. The fourth-order valence-electron chi connectivity index (χ4n) is 4.05. The average Bonchev–Trinajstić information content (AvgIpc) is 2.87. The molecule has 0 bridgehead atoms. The van der Waals surface area contributed by atoms with E-state index >= 15 is 0 Å². The van der Waals surface area contributed by atoms with E-state index in [0.717, 1.165) is 6.42 Å². The molecule has 1 unspecified atom stereocenters. The maximum absolute atomic E-state index is 13.1. The average molecular weight is 550 g/mol. The van der Waals surface area contributed by atoms with Crippen molar-refractivity contribution in [2.24, 2.45) is 23.7 Å². The molecule has 5 N–H and O–H groups in total. The molecule has 0 saturated carbocycles. The van der Waals surface area contributed by atoms with E-state index in [9.17, 15) is 29.4 Å². The Morgan fingerprint density at radius 2 is 1.56 bits per heavy atom. The van der Waals surface area contributed by atoms with Crippen LogP contribution in [0.15, 0.2) is 30.3 Å². The van der Waals surface area contributed by atoms with Gasteiger partial charge in [-0.3, -0.25) is 19.2 Å². The van der Waals surface area contributed by atoms with Crippen LogP contribution < -0.4 is 20.7 Å². The number of hydrogen-bond acceptors (Lipinski definition) is 6. The Balaban J connectivity index is 2.92. The second-order valence-electron chi connectivity index (χ2n) is 11.0. The van der Waals surface area contributed by atoms with Gasteiger partial charge < -0.3 is 30.9 Å². The number of benzene rings is 1. The number of carboxylic acids is 1. The second-order valence-corrected chi connectivity index (χ2v) is 11.0. The summed E-state index contributed by atoms with van der Waals surface area (Å²) in [5, 5.41) is 28.6. The number of carbonyl (C=O) groups is 4. The molecule has 220 valence electrons. The van der Waals surface area contributed by atoms with Gasteiger partial charge in [0.25, 0.3) is 5.91 Å². The van der Waals surface area contributed by atoms with Crippen molar-refractivity contribution in [1.82, 2.24) is 16.0 Å². The Kier molecular flexibility index (Phi) is 15.2. The van der Waals surface area contributed by atoms with E-state index in [2.05, 4.69) is 22.9 Å². The monoisotopic (exact) mass is 549 g/mol. The predicted molar refractivity (Wildman–Crippen MR) is 149 cm³/mol. The fourth-order valence-corrected chi connectivity index (χ4v) is 4.05. The molecule has 0 aliphatic rings. The van der Waals surface area contributed by atoms with Crippen molar-refractivity contribution in [1.29, 1.82) is 0 Å². The van der Waals surface area contributed by atoms with Crippen LogP contribution >= 0.6 is 0 Å². The number of amides is 3. The summed E-state index contributed by atoms with van der Waals surface area (Å²) >= 11 is 0. The molecule has 3 amide bonds. The van der Waals surface area contributed by atoms with Gasteiger partial charge in [-0.05, 0) is 42.7 Å². The quantitative estimate of drug-likeness (QED) is 0.189. The molecule has 10 nitrogen and oxygen atoms in total. The first-order chi connectivity index (χ1) is 18.3. The normalized spacial score (nSPS) is 15.1. The van der Waals surface area contributed by atoms with Gasteiger partial charge >= 0.3 is 5.97 Å². The summed E-state index contributed by atoms with van der Waals surface area (Å²) < 4.78 is 5.39. The zero-order chi connectivity index (χ0) is 29.5. The molecule has 39 heavy (non-hydrogen) atoms. The summed E-state index contributed by atoms with van der Waals surface area (Å²) in [6.07, 6.45) is -0.232. The van der Waals surface area contributed by atoms with E-state index in [1.165, 1.54) is 0 Å². The predicted octanol–water partition coefficient (Wildman–Crippen LogP) is 2.74. The molecule has 0 aliphatic carbocycles. The van der Waals surface area contributed by atoms with Crippen LogP contribution in [0.4, 0.5) is 0 Å². The Morgan fingerprint density at radius 3 is 2.10 bits per heavy atom. The highest BCUT2D eigenvalue weighted by Crippen LogP contribution is 2.22. The number of aliphatic carboxylic acids is 1. The highest BCUT2D eigenvalue weighted by Gasteiger charge is 2.33. The summed E-state index contributed by atoms with van der Waals surface area (Å²) in [5.74, 6) is -2.42. The molecule has 0 fully saturated rings. The molecule has 0 radical (unpaired) electrons. The fraction of sp³-hybridized carbons (Fsp3) is 0.655. The molecule has 1 aromatic carbocycles. The maximum atomic E-state index is 13.1. The number of hydrogen-bond donors (Lipinski definition) is 5. The lowest BCUT2D eigenvalue weighted by atomic mass is 9.85. The zero-order valence-corrected chi connectivity index (χ0v) is 24.1. The molecule has 0 aromatic heterocycles. The van der Waals surface area contributed by atoms with Gasteiger partial charge in [0.1, 0.15) is 11.8 Å². The molecule has 0 heterocycles. The minimum atomic E-state index is -1.36. The third-order valence-electron chi connectivity index (χ3n) is 6.62. The lowest BCUT2D eigenvalue weighted by Crippen LogP contribution is -2.54. The van der Waals surface area contributed by atoms with Crippen molar-refractivity contribution in [2.75, 3.05) is 13.2 Å². The number of para-hydroxylation sites is 1. The lowest BCUT2D eigenvalue weighted by molar-refractivity contribution is -0.141. The largest absolute Gasteiger partial charge is 0.484 e. The number of carbonyl (C=O) groups excluding carboxylic acids is 3. The number of nitrogens with one attached hydrogen (secondary N) is 3. The Bertz CT molecular complexity index is 907. The van der Waals surface area contributed by atoms with Crippen LogP contribution in [0.1, 0.15) is 67.2 Å². The Labute approximate surface area is 232 Å². The molecule has 5 atom stereocenters. The number of aliphatic hydroxyl groups is 1. The molecule has 1 aromatic rings. The first-order valence-electron chi connectivity index (χ1n) is 13.8. The first kappa shape index (κ1) is 33.9. The summed E-state index contributed by atoms with van der Waals surface area (Å²) in [6.45, 7) is 11.9. The molecule has 10 heteroatoms. The Hall–Kier alpha value is -3.14. The smallest absolute Gasteiger partial charge is 0.305 e. The van der Waals surface area contributed by atoms with Crippen LogP contribution in [0.5, 0.6) is 5.75 Å². The van der Waals surface area contributed by atoms with E-state index in [4.69, 9.17) is 4.74 Å². The summed E-state index contributed by atoms with van der Waals surface area (Å²) in [6, 6.07) is 6.51. The lowest BCUT2D eigenvalue weighted by Gasteiger charge is -2.31. The zero-order valence-electron chi connectivity index (χ0n) is 24.1. The van der Waals surface area contributed by atoms with E-state index in [1.807, 2.05) is 34.6 Å². The van der Waals surface area contributed by atoms with Crippen LogP contribution in [0.2, 0.25) is 0 Å². The first-order valence-corrected chi connectivity index (χ1v) is 13.8. The van der Waals surface area contributed by atoms with Crippen molar-refractivity contribution >= 4 is 23.7 Å². The molecule has 0 aliphatic heterocycles. The number of carboxylic acid groups (broad SMARTS) is 1.